The number of hydrogen-bond acceptors (Lipinski definition) is 6. The van der Waals surface area contributed by atoms with Gasteiger partial charge in [-0.2, -0.15) is 0 Å². The fourth-order valence-electron chi connectivity index (χ4n) is 4.67. The Kier molecular flexibility index (Phi) is 5.62. The van der Waals surface area contributed by atoms with Gasteiger partial charge >= 0.3 is 0 Å². The molecule has 0 aliphatic carbocycles. The predicted octanol–water partition coefficient (Wildman–Crippen LogP) is 3.25. The van der Waals surface area contributed by atoms with Gasteiger partial charge in [0.05, 0.1) is 24.5 Å². The molecule has 5 rings (SSSR count). The van der Waals surface area contributed by atoms with Crippen molar-refractivity contribution in [1.29, 1.82) is 0 Å². The first-order valence-electron chi connectivity index (χ1n) is 11.4. The summed E-state index contributed by atoms with van der Waals surface area (Å²) in [5, 5.41) is 0.980. The SMILES string of the molecule is Cc1ccc2oc(C(=O)N3CC[C@@H](c4ncc(C(=O)N5CCOCC5)c(C)n4)C3)c(C)c2c1. The number of rotatable bonds is 3. The van der Waals surface area contributed by atoms with Gasteiger partial charge in [0.2, 0.25) is 0 Å². The van der Waals surface area contributed by atoms with E-state index >= 15 is 0 Å². The number of aromatic nitrogens is 2. The van der Waals surface area contributed by atoms with Crippen molar-refractivity contribution in [2.24, 2.45) is 0 Å². The Labute approximate surface area is 192 Å². The highest BCUT2D eigenvalue weighted by atomic mass is 16.5. The number of aryl methyl sites for hydroxylation is 3. The summed E-state index contributed by atoms with van der Waals surface area (Å²) >= 11 is 0. The zero-order valence-corrected chi connectivity index (χ0v) is 19.3. The molecule has 172 valence electrons. The van der Waals surface area contributed by atoms with E-state index in [1.54, 1.807) is 11.1 Å². The number of furan rings is 1. The Balaban J connectivity index is 1.31. The summed E-state index contributed by atoms with van der Waals surface area (Å²) in [4.78, 5) is 38.8. The number of likely N-dealkylation sites (tertiary alicyclic amines) is 1. The van der Waals surface area contributed by atoms with Crippen LogP contribution in [0.2, 0.25) is 0 Å². The van der Waals surface area contributed by atoms with Crippen molar-refractivity contribution in [3.05, 3.63) is 58.4 Å². The molecule has 1 atom stereocenters. The standard InChI is InChI=1S/C25H28N4O4/c1-15-4-5-21-19(12-15)16(2)22(33-21)25(31)29-7-6-18(14-29)23-26-13-20(17(3)27-23)24(30)28-8-10-32-11-9-28/h4-5,12-13,18H,6-11,14H2,1-3H3/t18-/m1/s1. The zero-order chi connectivity index (χ0) is 23.1. The van der Waals surface area contributed by atoms with Gasteiger partial charge in [-0.3, -0.25) is 9.59 Å². The van der Waals surface area contributed by atoms with Gasteiger partial charge in [0.15, 0.2) is 5.76 Å². The van der Waals surface area contributed by atoms with Gasteiger partial charge in [-0.15, -0.1) is 0 Å². The van der Waals surface area contributed by atoms with Crippen LogP contribution in [-0.4, -0.2) is 71.0 Å². The number of hydrogen-bond donors (Lipinski definition) is 0. The number of fused-ring (bicyclic) bond motifs is 1. The predicted molar refractivity (Wildman–Crippen MR) is 122 cm³/mol. The molecule has 0 spiro atoms. The van der Waals surface area contributed by atoms with Crippen LogP contribution in [0.4, 0.5) is 0 Å². The summed E-state index contributed by atoms with van der Waals surface area (Å²) in [6.07, 6.45) is 2.41. The Hall–Kier alpha value is -3.26. The van der Waals surface area contributed by atoms with Crippen LogP contribution in [0, 0.1) is 20.8 Å². The minimum Gasteiger partial charge on any atom is -0.451 e. The molecule has 33 heavy (non-hydrogen) atoms. The van der Waals surface area contributed by atoms with Crippen molar-refractivity contribution < 1.29 is 18.7 Å². The van der Waals surface area contributed by atoms with Gasteiger partial charge in [0.25, 0.3) is 11.8 Å². The summed E-state index contributed by atoms with van der Waals surface area (Å²) in [6, 6.07) is 5.95. The minimum atomic E-state index is -0.0975. The van der Waals surface area contributed by atoms with Crippen LogP contribution in [0.3, 0.4) is 0 Å². The minimum absolute atomic E-state index is 0.0344. The molecule has 2 aliphatic heterocycles. The first kappa shape index (κ1) is 21.6. The zero-order valence-electron chi connectivity index (χ0n) is 19.3. The highest BCUT2D eigenvalue weighted by Gasteiger charge is 2.33. The third-order valence-corrected chi connectivity index (χ3v) is 6.65. The van der Waals surface area contributed by atoms with Crippen molar-refractivity contribution in [1.82, 2.24) is 19.8 Å². The van der Waals surface area contributed by atoms with Crippen LogP contribution < -0.4 is 0 Å². The van der Waals surface area contributed by atoms with E-state index in [4.69, 9.17) is 9.15 Å². The molecule has 2 amide bonds. The van der Waals surface area contributed by atoms with Crippen molar-refractivity contribution in [2.75, 3.05) is 39.4 Å². The fourth-order valence-corrected chi connectivity index (χ4v) is 4.67. The molecule has 0 radical (unpaired) electrons. The lowest BCUT2D eigenvalue weighted by Crippen LogP contribution is -2.41. The van der Waals surface area contributed by atoms with E-state index in [0.29, 0.717) is 62.2 Å². The number of benzene rings is 1. The van der Waals surface area contributed by atoms with Crippen LogP contribution in [0.15, 0.2) is 28.8 Å². The third-order valence-electron chi connectivity index (χ3n) is 6.65. The van der Waals surface area contributed by atoms with E-state index in [9.17, 15) is 9.59 Å². The van der Waals surface area contributed by atoms with Crippen molar-refractivity contribution in [3.63, 3.8) is 0 Å². The van der Waals surface area contributed by atoms with Gasteiger partial charge in [0, 0.05) is 49.2 Å². The lowest BCUT2D eigenvalue weighted by atomic mass is 10.1. The van der Waals surface area contributed by atoms with E-state index in [1.165, 1.54) is 0 Å². The summed E-state index contributed by atoms with van der Waals surface area (Å²) in [5.41, 5.74) is 3.94. The monoisotopic (exact) mass is 448 g/mol. The second-order valence-corrected chi connectivity index (χ2v) is 8.92. The molecule has 2 aliphatic rings. The Morgan fingerprint density at radius 2 is 1.82 bits per heavy atom. The van der Waals surface area contributed by atoms with Crippen molar-refractivity contribution >= 4 is 22.8 Å². The highest BCUT2D eigenvalue weighted by molar-refractivity contribution is 5.99. The molecule has 2 saturated heterocycles. The maximum Gasteiger partial charge on any atom is 0.289 e. The molecule has 3 aromatic rings. The van der Waals surface area contributed by atoms with E-state index < -0.39 is 0 Å². The molecule has 2 aromatic heterocycles. The van der Waals surface area contributed by atoms with Gasteiger partial charge < -0.3 is 19.0 Å². The van der Waals surface area contributed by atoms with Gasteiger partial charge in [-0.25, -0.2) is 9.97 Å². The average molecular weight is 449 g/mol. The molecular weight excluding hydrogens is 420 g/mol. The van der Waals surface area contributed by atoms with Crippen LogP contribution >= 0.6 is 0 Å². The van der Waals surface area contributed by atoms with Gasteiger partial charge in [0.1, 0.15) is 11.4 Å². The van der Waals surface area contributed by atoms with E-state index in [2.05, 4.69) is 9.97 Å². The summed E-state index contributed by atoms with van der Waals surface area (Å²) < 4.78 is 11.2. The summed E-state index contributed by atoms with van der Waals surface area (Å²) in [7, 11) is 0. The lowest BCUT2D eigenvalue weighted by Gasteiger charge is -2.27. The maximum atomic E-state index is 13.2. The largest absolute Gasteiger partial charge is 0.451 e. The quantitative estimate of drug-likeness (QED) is 0.611. The molecule has 8 heteroatoms. The lowest BCUT2D eigenvalue weighted by molar-refractivity contribution is 0.0301. The van der Waals surface area contributed by atoms with E-state index in [0.717, 1.165) is 28.5 Å². The highest BCUT2D eigenvalue weighted by Crippen LogP contribution is 2.31. The summed E-state index contributed by atoms with van der Waals surface area (Å²) in [5.74, 6) is 0.964. The van der Waals surface area contributed by atoms with Crippen molar-refractivity contribution in [3.8, 4) is 0 Å². The van der Waals surface area contributed by atoms with Gasteiger partial charge in [-0.05, 0) is 39.3 Å². The van der Waals surface area contributed by atoms with Crippen LogP contribution in [0.5, 0.6) is 0 Å². The number of nitrogens with zero attached hydrogens (tertiary/aromatic N) is 4. The third kappa shape index (κ3) is 3.99. The van der Waals surface area contributed by atoms with E-state index in [1.807, 2.05) is 43.9 Å². The normalized spacial score (nSPS) is 18.8. The second-order valence-electron chi connectivity index (χ2n) is 8.92. The molecule has 4 heterocycles. The molecular formula is C25H28N4O4. The maximum absolute atomic E-state index is 13.2. The van der Waals surface area contributed by atoms with Crippen molar-refractivity contribution in [2.45, 2.75) is 33.1 Å². The molecule has 0 saturated carbocycles. The summed E-state index contributed by atoms with van der Waals surface area (Å²) in [6.45, 7) is 9.24. The molecule has 0 bridgehead atoms. The molecule has 1 aromatic carbocycles. The van der Waals surface area contributed by atoms with E-state index in [-0.39, 0.29) is 17.7 Å². The van der Waals surface area contributed by atoms with Crippen LogP contribution in [0.25, 0.3) is 11.0 Å². The molecule has 0 N–H and O–H groups in total. The molecule has 2 fully saturated rings. The fraction of sp³-hybridized carbons (Fsp3) is 0.440. The number of carbonyl (C=O) groups is 2. The van der Waals surface area contributed by atoms with Gasteiger partial charge in [-0.1, -0.05) is 11.6 Å². The smallest absolute Gasteiger partial charge is 0.289 e. The topological polar surface area (TPSA) is 88.8 Å². The number of morpholine rings is 1. The molecule has 0 unspecified atom stereocenters. The number of amides is 2. The Bertz CT molecular complexity index is 1230. The first-order valence-corrected chi connectivity index (χ1v) is 11.4. The first-order chi connectivity index (χ1) is 15.9. The average Bonchev–Trinajstić information content (AvgIpc) is 3.44. The number of ether oxygens (including phenoxy) is 1. The Morgan fingerprint density at radius 1 is 1.03 bits per heavy atom. The molecule has 8 nitrogen and oxygen atoms in total. The van der Waals surface area contributed by atoms with Crippen LogP contribution in [0.1, 0.15) is 55.9 Å². The second kappa shape index (κ2) is 8.59. The van der Waals surface area contributed by atoms with Crippen LogP contribution in [-0.2, 0) is 4.74 Å². The number of carbonyl (C=O) groups excluding carboxylic acids is 2. The Morgan fingerprint density at radius 3 is 2.58 bits per heavy atom.